The summed E-state index contributed by atoms with van der Waals surface area (Å²) < 4.78 is 11.0. The Balaban J connectivity index is 1.51. The molecule has 2 heterocycles. The molecule has 0 aromatic heterocycles. The fourth-order valence-corrected chi connectivity index (χ4v) is 3.71. The lowest BCUT2D eigenvalue weighted by Gasteiger charge is -2.30. The maximum absolute atomic E-state index is 13.1. The minimum atomic E-state index is -1.02. The third kappa shape index (κ3) is 4.36. The van der Waals surface area contributed by atoms with Gasteiger partial charge in [-0.25, -0.2) is 4.79 Å². The van der Waals surface area contributed by atoms with Crippen LogP contribution in [0.2, 0.25) is 0 Å². The third-order valence-corrected chi connectivity index (χ3v) is 5.36. The van der Waals surface area contributed by atoms with Crippen molar-refractivity contribution in [3.8, 4) is 0 Å². The van der Waals surface area contributed by atoms with Gasteiger partial charge < -0.3 is 19.3 Å². The number of ether oxygens (including phenoxy) is 2. The number of amides is 2. The van der Waals surface area contributed by atoms with E-state index in [0.29, 0.717) is 50.4 Å². The summed E-state index contributed by atoms with van der Waals surface area (Å²) in [7, 11) is 0. The van der Waals surface area contributed by atoms with Crippen molar-refractivity contribution in [3.05, 3.63) is 65.7 Å². The summed E-state index contributed by atoms with van der Waals surface area (Å²) in [4.78, 5) is 41.2. The van der Waals surface area contributed by atoms with Gasteiger partial charge in [-0.2, -0.15) is 0 Å². The molecule has 7 nitrogen and oxygen atoms in total. The monoisotopic (exact) mass is 408 g/mol. The molecule has 0 N–H and O–H groups in total. The summed E-state index contributed by atoms with van der Waals surface area (Å²) in [6, 6.07) is 15.8. The van der Waals surface area contributed by atoms with Crippen LogP contribution < -0.4 is 4.90 Å². The van der Waals surface area contributed by atoms with Crippen molar-refractivity contribution in [2.45, 2.75) is 18.9 Å². The second kappa shape index (κ2) is 9.09. The van der Waals surface area contributed by atoms with Crippen LogP contribution in [0.3, 0.4) is 0 Å². The van der Waals surface area contributed by atoms with Gasteiger partial charge in [0.15, 0.2) is 0 Å². The number of carbonyl (C=O) groups excluding carboxylic acids is 3. The Bertz CT molecular complexity index is 907. The largest absolute Gasteiger partial charge is 0.444 e. The van der Waals surface area contributed by atoms with E-state index in [1.807, 2.05) is 18.2 Å². The van der Waals surface area contributed by atoms with Gasteiger partial charge in [-0.05, 0) is 30.7 Å². The van der Waals surface area contributed by atoms with Crippen molar-refractivity contribution >= 4 is 23.5 Å². The summed E-state index contributed by atoms with van der Waals surface area (Å²) in [6.45, 7) is 2.57. The number of esters is 1. The minimum absolute atomic E-state index is 0.0885. The lowest BCUT2D eigenvalue weighted by atomic mass is 10.1. The van der Waals surface area contributed by atoms with Gasteiger partial charge in [-0.15, -0.1) is 0 Å². The molecule has 2 fully saturated rings. The molecule has 30 heavy (non-hydrogen) atoms. The summed E-state index contributed by atoms with van der Waals surface area (Å²) in [5, 5.41) is 0. The molecule has 7 heteroatoms. The van der Waals surface area contributed by atoms with Gasteiger partial charge in [-0.1, -0.05) is 30.3 Å². The van der Waals surface area contributed by atoms with Gasteiger partial charge in [-0.3, -0.25) is 9.59 Å². The zero-order valence-electron chi connectivity index (χ0n) is 16.7. The number of morpholine rings is 1. The Kier molecular flexibility index (Phi) is 6.09. The van der Waals surface area contributed by atoms with Crippen molar-refractivity contribution in [1.29, 1.82) is 0 Å². The standard InChI is InChI=1S/C23H24N2O5/c26-20-7-4-12-25(20)19-10-8-18(9-11-19)23(28)30-21(17-5-2-1-3-6-17)22(27)24-13-15-29-16-14-24/h1-3,5-6,8-11,21H,4,7,12-16H2/t21-/m0/s1. The summed E-state index contributed by atoms with van der Waals surface area (Å²) in [5.74, 6) is -0.743. The first-order valence-corrected chi connectivity index (χ1v) is 10.2. The van der Waals surface area contributed by atoms with Crippen molar-refractivity contribution in [2.75, 3.05) is 37.7 Å². The van der Waals surface area contributed by atoms with Crippen LogP contribution in [0.1, 0.15) is 34.9 Å². The first-order chi connectivity index (χ1) is 14.6. The van der Waals surface area contributed by atoms with Crippen LogP contribution in [-0.4, -0.2) is 55.5 Å². The number of carbonyl (C=O) groups is 3. The van der Waals surface area contributed by atoms with Crippen molar-refractivity contribution in [3.63, 3.8) is 0 Å². The first kappa shape index (κ1) is 20.1. The highest BCUT2D eigenvalue weighted by atomic mass is 16.5. The van der Waals surface area contributed by atoms with Gasteiger partial charge in [0.05, 0.1) is 18.8 Å². The molecule has 0 unspecified atom stereocenters. The Labute approximate surface area is 175 Å². The van der Waals surface area contributed by atoms with Gasteiger partial charge >= 0.3 is 5.97 Å². The topological polar surface area (TPSA) is 76.2 Å². The van der Waals surface area contributed by atoms with Crippen LogP contribution >= 0.6 is 0 Å². The molecule has 4 rings (SSSR count). The number of nitrogens with zero attached hydrogens (tertiary/aromatic N) is 2. The molecule has 2 amide bonds. The van der Waals surface area contributed by atoms with E-state index >= 15 is 0 Å². The van der Waals surface area contributed by atoms with E-state index in [2.05, 4.69) is 0 Å². The summed E-state index contributed by atoms with van der Waals surface area (Å²) >= 11 is 0. The smallest absolute Gasteiger partial charge is 0.339 e. The van der Waals surface area contributed by atoms with E-state index in [4.69, 9.17) is 9.47 Å². The molecular weight excluding hydrogens is 384 g/mol. The van der Waals surface area contributed by atoms with Gasteiger partial charge in [0, 0.05) is 37.3 Å². The Morgan fingerprint density at radius 1 is 0.933 bits per heavy atom. The molecule has 0 spiro atoms. The number of benzene rings is 2. The molecule has 2 aliphatic heterocycles. The van der Waals surface area contributed by atoms with Gasteiger partial charge in [0.2, 0.25) is 12.0 Å². The predicted molar refractivity (Wildman–Crippen MR) is 110 cm³/mol. The van der Waals surface area contributed by atoms with E-state index in [1.165, 1.54) is 0 Å². The highest BCUT2D eigenvalue weighted by molar-refractivity contribution is 5.97. The van der Waals surface area contributed by atoms with Crippen LogP contribution in [0.5, 0.6) is 0 Å². The minimum Gasteiger partial charge on any atom is -0.444 e. The normalized spacial score (nSPS) is 17.7. The quantitative estimate of drug-likeness (QED) is 0.711. The molecule has 2 aromatic carbocycles. The average molecular weight is 408 g/mol. The fraction of sp³-hybridized carbons (Fsp3) is 0.348. The zero-order valence-corrected chi connectivity index (χ0v) is 16.7. The van der Waals surface area contributed by atoms with Gasteiger partial charge in [0.1, 0.15) is 0 Å². The van der Waals surface area contributed by atoms with Crippen LogP contribution in [0, 0.1) is 0 Å². The molecule has 0 saturated carbocycles. The van der Waals surface area contributed by atoms with Crippen LogP contribution in [0.15, 0.2) is 54.6 Å². The van der Waals surface area contributed by atoms with E-state index in [1.54, 1.807) is 46.2 Å². The zero-order chi connectivity index (χ0) is 20.9. The van der Waals surface area contributed by atoms with Crippen LogP contribution in [-0.2, 0) is 19.1 Å². The van der Waals surface area contributed by atoms with Crippen molar-refractivity contribution in [1.82, 2.24) is 4.90 Å². The van der Waals surface area contributed by atoms with Gasteiger partial charge in [0.25, 0.3) is 5.91 Å². The Morgan fingerprint density at radius 3 is 2.27 bits per heavy atom. The maximum atomic E-state index is 13.1. The SMILES string of the molecule is O=C(O[C@H](C(=O)N1CCOCC1)c1ccccc1)c1ccc(N2CCCC2=O)cc1. The lowest BCUT2D eigenvalue weighted by molar-refractivity contribution is -0.145. The summed E-state index contributed by atoms with van der Waals surface area (Å²) in [5.41, 5.74) is 1.72. The van der Waals surface area contributed by atoms with Crippen LogP contribution in [0.4, 0.5) is 5.69 Å². The average Bonchev–Trinajstić information content (AvgIpc) is 3.24. The molecule has 0 radical (unpaired) electrons. The summed E-state index contributed by atoms with van der Waals surface area (Å²) in [6.07, 6.45) is 0.369. The molecule has 0 bridgehead atoms. The highest BCUT2D eigenvalue weighted by Gasteiger charge is 2.31. The molecule has 2 aliphatic rings. The third-order valence-electron chi connectivity index (χ3n) is 5.36. The molecule has 2 saturated heterocycles. The van der Waals surface area contributed by atoms with Crippen molar-refractivity contribution in [2.24, 2.45) is 0 Å². The van der Waals surface area contributed by atoms with E-state index < -0.39 is 12.1 Å². The second-order valence-corrected chi connectivity index (χ2v) is 7.33. The highest BCUT2D eigenvalue weighted by Crippen LogP contribution is 2.25. The molecule has 0 aliphatic carbocycles. The maximum Gasteiger partial charge on any atom is 0.339 e. The Hall–Kier alpha value is -3.19. The number of hydrogen-bond acceptors (Lipinski definition) is 5. The van der Waals surface area contributed by atoms with Crippen molar-refractivity contribution < 1.29 is 23.9 Å². The number of hydrogen-bond donors (Lipinski definition) is 0. The predicted octanol–water partition coefficient (Wildman–Crippen LogP) is 2.57. The fourth-order valence-electron chi connectivity index (χ4n) is 3.71. The number of rotatable bonds is 5. The second-order valence-electron chi connectivity index (χ2n) is 7.33. The molecular formula is C23H24N2O5. The Morgan fingerprint density at radius 2 is 1.63 bits per heavy atom. The molecule has 1 atom stereocenters. The number of anilines is 1. The van der Waals surface area contributed by atoms with Crippen LogP contribution in [0.25, 0.3) is 0 Å². The molecule has 156 valence electrons. The molecule has 2 aromatic rings. The van der Waals surface area contributed by atoms with E-state index in [0.717, 1.165) is 12.1 Å². The lowest BCUT2D eigenvalue weighted by Crippen LogP contribution is -2.44. The van der Waals surface area contributed by atoms with E-state index in [-0.39, 0.29) is 11.8 Å². The van der Waals surface area contributed by atoms with E-state index in [9.17, 15) is 14.4 Å². The first-order valence-electron chi connectivity index (χ1n) is 10.2.